The molecule has 2 aromatic heterocycles. The van der Waals surface area contributed by atoms with Crippen LogP contribution in [-0.2, 0) is 6.54 Å². The number of pyridine rings is 1. The predicted molar refractivity (Wildman–Crippen MR) is 144 cm³/mol. The minimum Gasteiger partial charge on any atom is -0.361 e. The van der Waals surface area contributed by atoms with Crippen LogP contribution in [0, 0.1) is 19.8 Å². The summed E-state index contributed by atoms with van der Waals surface area (Å²) in [5.41, 5.74) is 3.47. The van der Waals surface area contributed by atoms with E-state index in [0.29, 0.717) is 11.3 Å². The number of alkyl halides is 3. The molecule has 0 fully saturated rings. The van der Waals surface area contributed by atoms with E-state index in [-0.39, 0.29) is 12.0 Å². The van der Waals surface area contributed by atoms with Crippen molar-refractivity contribution in [3.8, 4) is 0 Å². The molecule has 2 aromatic rings. The molecule has 1 N–H and O–H groups in total. The van der Waals surface area contributed by atoms with E-state index < -0.39 is 11.7 Å². The van der Waals surface area contributed by atoms with Gasteiger partial charge in [0, 0.05) is 18.3 Å². The third-order valence-corrected chi connectivity index (χ3v) is 5.43. The molecule has 1 atom stereocenters. The number of aryl methyl sites for hydroxylation is 2. The fourth-order valence-corrected chi connectivity index (χ4v) is 3.52. The van der Waals surface area contributed by atoms with Gasteiger partial charge in [-0.3, -0.25) is 4.68 Å². The van der Waals surface area contributed by atoms with Crippen LogP contribution in [0.2, 0.25) is 0 Å². The first-order valence-electron chi connectivity index (χ1n) is 11.0. The van der Waals surface area contributed by atoms with Crippen molar-refractivity contribution in [3.05, 3.63) is 59.1 Å². The largest absolute Gasteiger partial charge is 0.415 e. The van der Waals surface area contributed by atoms with Gasteiger partial charge in [0.1, 0.15) is 5.82 Å². The number of hydrogen-bond donors (Lipinski definition) is 2. The summed E-state index contributed by atoms with van der Waals surface area (Å²) in [4.78, 5) is 4.45. The van der Waals surface area contributed by atoms with Crippen LogP contribution in [0.5, 0.6) is 0 Å². The first kappa shape index (κ1) is 29.5. The lowest BCUT2D eigenvalue weighted by molar-refractivity contribution is -0.0877. The Balaban J connectivity index is 0.00000129. The van der Waals surface area contributed by atoms with Crippen molar-refractivity contribution in [2.75, 3.05) is 5.32 Å². The molecule has 1 aliphatic rings. The van der Waals surface area contributed by atoms with Gasteiger partial charge < -0.3 is 5.32 Å². The van der Waals surface area contributed by atoms with E-state index in [1.165, 1.54) is 0 Å². The predicted octanol–water partition coefficient (Wildman–Crippen LogP) is 8.29. The quantitative estimate of drug-likeness (QED) is 0.208. The van der Waals surface area contributed by atoms with Crippen molar-refractivity contribution in [1.29, 1.82) is 0 Å². The second-order valence-electron chi connectivity index (χ2n) is 7.90. The highest BCUT2D eigenvalue weighted by atomic mass is 127. The lowest BCUT2D eigenvalue weighted by Gasteiger charge is -2.25. The van der Waals surface area contributed by atoms with Gasteiger partial charge in [-0.15, -0.1) is 9.80 Å². The second kappa shape index (κ2) is 13.4. The molecule has 3 heterocycles. The van der Waals surface area contributed by atoms with E-state index in [4.69, 9.17) is 0 Å². The van der Waals surface area contributed by atoms with Crippen molar-refractivity contribution >= 4 is 42.4 Å². The Morgan fingerprint density at radius 2 is 1.94 bits per heavy atom. The fourth-order valence-electron chi connectivity index (χ4n) is 3.52. The van der Waals surface area contributed by atoms with Crippen molar-refractivity contribution in [2.24, 2.45) is 5.92 Å². The zero-order chi connectivity index (χ0) is 25.3. The van der Waals surface area contributed by atoms with Crippen LogP contribution in [-0.4, -0.2) is 20.9 Å². The van der Waals surface area contributed by atoms with Gasteiger partial charge in [-0.1, -0.05) is 34.3 Å². The highest BCUT2D eigenvalue weighted by molar-refractivity contribution is 14.2. The van der Waals surface area contributed by atoms with E-state index in [0.717, 1.165) is 48.1 Å². The number of hydrogen-bond acceptors (Lipinski definition) is 4. The van der Waals surface area contributed by atoms with Crippen molar-refractivity contribution in [3.63, 3.8) is 0 Å². The summed E-state index contributed by atoms with van der Waals surface area (Å²) in [7, 11) is 3.50. The van der Waals surface area contributed by atoms with E-state index in [9.17, 15) is 13.2 Å². The van der Waals surface area contributed by atoms with Gasteiger partial charge >= 0.3 is 6.18 Å². The first-order chi connectivity index (χ1) is 15.6. The van der Waals surface area contributed by atoms with Crippen LogP contribution >= 0.6 is 31.0 Å². The van der Waals surface area contributed by atoms with Gasteiger partial charge in [-0.25, -0.2) is 4.98 Å². The zero-order valence-electron chi connectivity index (χ0n) is 20.1. The van der Waals surface area contributed by atoms with Gasteiger partial charge in [0.05, 0.1) is 17.4 Å². The summed E-state index contributed by atoms with van der Waals surface area (Å²) in [6.07, 6.45) is 0.299. The Hall–Kier alpha value is -1.49. The molecule has 33 heavy (non-hydrogen) atoms. The number of nitrogens with zero attached hydrogens (tertiary/aromatic N) is 3. The minimum atomic E-state index is -4.45. The smallest absolute Gasteiger partial charge is 0.361 e. The zero-order valence-corrected chi connectivity index (χ0v) is 23.1. The number of fused-ring (bicyclic) bond motifs is 1. The molecule has 0 bridgehead atoms. The Kier molecular flexibility index (Phi) is 12.0. The molecule has 1 aliphatic heterocycles. The fraction of sp³-hybridized carbons (Fsp3) is 0.500. The number of nitrogens with one attached hydrogen (secondary N) is 1. The molecule has 0 aromatic carbocycles. The molecular formula is C24H34F3IN4S. The van der Waals surface area contributed by atoms with Crippen LogP contribution in [0.4, 0.5) is 19.0 Å². The minimum absolute atomic E-state index is 0.0113. The number of anilines is 1. The summed E-state index contributed by atoms with van der Waals surface area (Å²) in [6, 6.07) is 3.88. The third kappa shape index (κ3) is 7.77. The maximum atomic E-state index is 13.0. The number of allylic oxidation sites excluding steroid dienone is 3. The molecule has 9 heteroatoms. The number of halogens is 4. The van der Waals surface area contributed by atoms with Crippen LogP contribution in [0.1, 0.15) is 69.1 Å². The summed E-state index contributed by atoms with van der Waals surface area (Å²) < 4.78 is 40.9. The number of aromatic nitrogens is 3. The van der Waals surface area contributed by atoms with E-state index >= 15 is 0 Å². The normalized spacial score (nSPS) is 15.6. The summed E-state index contributed by atoms with van der Waals surface area (Å²) in [5, 5.41) is 8.12. The highest BCUT2D eigenvalue weighted by Crippen LogP contribution is 2.35. The average Bonchev–Trinajstić information content (AvgIpc) is 3.21. The summed E-state index contributed by atoms with van der Waals surface area (Å²) in [5.74, 6) is 0.717. The SMILES string of the molecule is C=C(/C=C(/c1cc2n(n1)CCCC2Nc1nccc(C)c1C)C(C)C)C(F)(F)F.CC.SI. The Labute approximate surface area is 213 Å². The molecule has 0 radical (unpaired) electrons. The Morgan fingerprint density at radius 3 is 2.52 bits per heavy atom. The molecule has 1 unspecified atom stereocenters. The van der Waals surface area contributed by atoms with Crippen LogP contribution < -0.4 is 5.32 Å². The maximum Gasteiger partial charge on any atom is 0.415 e. The summed E-state index contributed by atoms with van der Waals surface area (Å²) in [6.45, 7) is 15.7. The van der Waals surface area contributed by atoms with E-state index in [1.54, 1.807) is 6.20 Å². The number of thiol groups is 1. The average molecular weight is 595 g/mol. The molecule has 0 spiro atoms. The molecule has 0 aliphatic carbocycles. The monoisotopic (exact) mass is 594 g/mol. The first-order valence-corrected chi connectivity index (χ1v) is 14.2. The van der Waals surface area contributed by atoms with Crippen LogP contribution in [0.25, 0.3) is 5.57 Å². The van der Waals surface area contributed by atoms with Gasteiger partial charge in [0.2, 0.25) is 0 Å². The Bertz CT molecular complexity index is 952. The molecule has 3 rings (SSSR count). The van der Waals surface area contributed by atoms with Crippen LogP contribution in [0.3, 0.4) is 0 Å². The van der Waals surface area contributed by atoms with E-state index in [1.807, 2.05) is 79.6 Å². The van der Waals surface area contributed by atoms with Gasteiger partial charge in [0.15, 0.2) is 0 Å². The highest BCUT2D eigenvalue weighted by Gasteiger charge is 2.32. The topological polar surface area (TPSA) is 42.7 Å². The van der Waals surface area contributed by atoms with Gasteiger partial charge in [-0.2, -0.15) is 18.3 Å². The molecule has 0 saturated heterocycles. The lowest BCUT2D eigenvalue weighted by atomic mass is 9.96. The summed E-state index contributed by atoms with van der Waals surface area (Å²) >= 11 is 1.84. The van der Waals surface area contributed by atoms with Gasteiger partial charge in [0.25, 0.3) is 0 Å². The lowest BCUT2D eigenvalue weighted by Crippen LogP contribution is -2.22. The molecule has 0 saturated carbocycles. The van der Waals surface area contributed by atoms with Crippen molar-refractivity contribution in [1.82, 2.24) is 14.8 Å². The molecule has 184 valence electrons. The third-order valence-electron chi connectivity index (χ3n) is 5.43. The van der Waals surface area contributed by atoms with Crippen molar-refractivity contribution < 1.29 is 13.2 Å². The van der Waals surface area contributed by atoms with Crippen molar-refractivity contribution in [2.45, 2.75) is 73.1 Å². The second-order valence-corrected chi connectivity index (χ2v) is 7.90. The Morgan fingerprint density at radius 1 is 1.30 bits per heavy atom. The van der Waals surface area contributed by atoms with Crippen LogP contribution in [0.15, 0.2) is 36.6 Å². The molecule has 0 amide bonds. The number of rotatable bonds is 5. The van der Waals surface area contributed by atoms with E-state index in [2.05, 4.69) is 31.8 Å². The molecule has 4 nitrogen and oxygen atoms in total. The van der Waals surface area contributed by atoms with Gasteiger partial charge in [-0.05, 0) is 88.7 Å². The maximum absolute atomic E-state index is 13.0. The molecular weight excluding hydrogens is 560 g/mol. The standard InChI is InChI=1S/C22H27F3N4.C2H6.HIS/c1-13(2)17(11-15(4)22(23,24)25)19-12-20-18(7-6-10-29(20)28-19)27-21-16(5)14(3)8-9-26-21;2*1-2/h8-9,11-13,18H,4,6-7,10H2,1-3,5H3,(H,26,27);1-2H3;2H/b17-11+;;.